The van der Waals surface area contributed by atoms with E-state index >= 15 is 0 Å². The lowest BCUT2D eigenvalue weighted by atomic mass is 10.2. The van der Waals surface area contributed by atoms with Crippen LogP contribution < -0.4 is 10.2 Å². The molecule has 2 aromatic rings. The average molecular weight is 338 g/mol. The van der Waals surface area contributed by atoms with Crippen LogP contribution in [-0.4, -0.2) is 34.2 Å². The van der Waals surface area contributed by atoms with E-state index in [-0.39, 0.29) is 17.9 Å². The monoisotopic (exact) mass is 338 g/mol. The zero-order valence-corrected chi connectivity index (χ0v) is 14.3. The van der Waals surface area contributed by atoms with Gasteiger partial charge < -0.3 is 10.2 Å². The van der Waals surface area contributed by atoms with Crippen molar-refractivity contribution in [2.24, 2.45) is 0 Å². The molecule has 1 fully saturated rings. The summed E-state index contributed by atoms with van der Waals surface area (Å²) in [5.41, 5.74) is 1.84. The Hall–Kier alpha value is -2.89. The molecule has 1 aliphatic heterocycles. The van der Waals surface area contributed by atoms with Gasteiger partial charge in [0.25, 0.3) is 0 Å². The van der Waals surface area contributed by atoms with E-state index in [9.17, 15) is 9.59 Å². The van der Waals surface area contributed by atoms with Gasteiger partial charge in [0, 0.05) is 43.2 Å². The van der Waals surface area contributed by atoms with Crippen molar-refractivity contribution >= 4 is 23.6 Å². The fourth-order valence-corrected chi connectivity index (χ4v) is 2.88. The summed E-state index contributed by atoms with van der Waals surface area (Å²) < 4.78 is 1.78. The number of nitrogens with zero attached hydrogens (tertiary/aromatic N) is 3. The van der Waals surface area contributed by atoms with Gasteiger partial charge in [-0.2, -0.15) is 5.10 Å². The summed E-state index contributed by atoms with van der Waals surface area (Å²) in [7, 11) is 0. The molecule has 130 valence electrons. The molecule has 3 rings (SSSR count). The summed E-state index contributed by atoms with van der Waals surface area (Å²) in [6.07, 6.45) is 8.41. The zero-order chi connectivity index (χ0) is 17.6. The first-order valence-electron chi connectivity index (χ1n) is 8.48. The molecule has 1 aromatic heterocycles. The van der Waals surface area contributed by atoms with Crippen molar-refractivity contribution in [1.29, 1.82) is 0 Å². The Labute approximate surface area is 147 Å². The maximum Gasteiger partial charge on any atom is 0.244 e. The first kappa shape index (κ1) is 17.0. The first-order valence-corrected chi connectivity index (χ1v) is 8.48. The molecular formula is C19H22N4O2. The van der Waals surface area contributed by atoms with Gasteiger partial charge in [-0.25, -0.2) is 0 Å². The highest BCUT2D eigenvalue weighted by Crippen LogP contribution is 2.21. The first-order chi connectivity index (χ1) is 12.1. The topological polar surface area (TPSA) is 67.2 Å². The van der Waals surface area contributed by atoms with Crippen molar-refractivity contribution in [3.63, 3.8) is 0 Å². The van der Waals surface area contributed by atoms with Crippen molar-refractivity contribution in [3.05, 3.63) is 54.4 Å². The lowest BCUT2D eigenvalue weighted by molar-refractivity contribution is -0.117. The quantitative estimate of drug-likeness (QED) is 0.821. The van der Waals surface area contributed by atoms with Crippen LogP contribution in [0.4, 0.5) is 5.69 Å². The number of hydrogen-bond donors (Lipinski definition) is 1. The smallest absolute Gasteiger partial charge is 0.244 e. The second-order valence-electron chi connectivity index (χ2n) is 6.21. The number of aromatic nitrogens is 2. The summed E-state index contributed by atoms with van der Waals surface area (Å²) in [6.45, 7) is 3.35. The Morgan fingerprint density at radius 1 is 1.36 bits per heavy atom. The average Bonchev–Trinajstić information content (AvgIpc) is 3.25. The molecule has 1 atom stereocenters. The summed E-state index contributed by atoms with van der Waals surface area (Å²) in [4.78, 5) is 25.5. The van der Waals surface area contributed by atoms with E-state index in [1.807, 2.05) is 43.5 Å². The fraction of sp³-hybridized carbons (Fsp3) is 0.316. The summed E-state index contributed by atoms with van der Waals surface area (Å²) >= 11 is 0. The number of nitrogens with one attached hydrogen (secondary N) is 1. The minimum absolute atomic E-state index is 0.0133. The molecule has 6 heteroatoms. The van der Waals surface area contributed by atoms with E-state index in [4.69, 9.17) is 0 Å². The number of rotatable bonds is 6. The molecule has 0 spiro atoms. The molecule has 0 radical (unpaired) electrons. The normalized spacial score (nSPS) is 15.7. The van der Waals surface area contributed by atoms with Crippen LogP contribution in [0.25, 0.3) is 6.08 Å². The van der Waals surface area contributed by atoms with Crippen molar-refractivity contribution in [2.45, 2.75) is 32.4 Å². The van der Waals surface area contributed by atoms with Crippen LogP contribution in [0.2, 0.25) is 0 Å². The maximum absolute atomic E-state index is 12.0. The standard InChI is InChI=1S/C19H22N4O2/c1-15(14-22-12-3-11-20-22)21-18(24)10-7-16-5-8-17(9-6-16)23-13-2-4-19(23)25/h3,5-12,15H,2,4,13-14H2,1H3,(H,21,24)/b10-7-/t15-/m1/s1. The van der Waals surface area contributed by atoms with E-state index < -0.39 is 0 Å². The number of anilines is 1. The van der Waals surface area contributed by atoms with Crippen LogP contribution in [0.3, 0.4) is 0 Å². The largest absolute Gasteiger partial charge is 0.348 e. The third-order valence-corrected chi connectivity index (χ3v) is 4.11. The Kier molecular flexibility index (Phi) is 5.28. The second kappa shape index (κ2) is 7.79. The van der Waals surface area contributed by atoms with Crippen molar-refractivity contribution in [2.75, 3.05) is 11.4 Å². The SMILES string of the molecule is C[C@H](Cn1cccn1)NC(=O)/C=C\c1ccc(N2CCCC2=O)cc1. The molecule has 0 aliphatic carbocycles. The minimum Gasteiger partial charge on any atom is -0.348 e. The fourth-order valence-electron chi connectivity index (χ4n) is 2.88. The zero-order valence-electron chi connectivity index (χ0n) is 14.3. The highest BCUT2D eigenvalue weighted by molar-refractivity contribution is 5.95. The molecule has 2 heterocycles. The lowest BCUT2D eigenvalue weighted by Crippen LogP contribution is -2.34. The van der Waals surface area contributed by atoms with Gasteiger partial charge in [0.15, 0.2) is 0 Å². The van der Waals surface area contributed by atoms with Crippen LogP contribution >= 0.6 is 0 Å². The predicted molar refractivity (Wildman–Crippen MR) is 96.9 cm³/mol. The third kappa shape index (κ3) is 4.56. The molecule has 2 amide bonds. The van der Waals surface area contributed by atoms with E-state index in [1.54, 1.807) is 21.9 Å². The minimum atomic E-state index is -0.140. The molecular weight excluding hydrogens is 316 g/mol. The Morgan fingerprint density at radius 3 is 2.80 bits per heavy atom. The van der Waals surface area contributed by atoms with Gasteiger partial charge in [-0.05, 0) is 43.2 Å². The van der Waals surface area contributed by atoms with Crippen LogP contribution in [0.5, 0.6) is 0 Å². The Morgan fingerprint density at radius 2 is 2.16 bits per heavy atom. The summed E-state index contributed by atoms with van der Waals surface area (Å²) in [5, 5.41) is 7.03. The van der Waals surface area contributed by atoms with E-state index in [0.717, 1.165) is 24.2 Å². The van der Waals surface area contributed by atoms with Crippen molar-refractivity contribution < 1.29 is 9.59 Å². The molecule has 0 saturated carbocycles. The predicted octanol–water partition coefficient (Wildman–Crippen LogP) is 2.23. The number of benzene rings is 1. The highest BCUT2D eigenvalue weighted by Gasteiger charge is 2.21. The van der Waals surface area contributed by atoms with Crippen LogP contribution in [0.15, 0.2) is 48.8 Å². The van der Waals surface area contributed by atoms with Gasteiger partial charge in [0.2, 0.25) is 11.8 Å². The maximum atomic E-state index is 12.0. The van der Waals surface area contributed by atoms with Gasteiger partial charge in [-0.15, -0.1) is 0 Å². The van der Waals surface area contributed by atoms with Gasteiger partial charge >= 0.3 is 0 Å². The van der Waals surface area contributed by atoms with Crippen LogP contribution in [-0.2, 0) is 16.1 Å². The Bertz CT molecular complexity index is 750. The number of hydrogen-bond acceptors (Lipinski definition) is 3. The molecule has 1 aromatic carbocycles. The number of amides is 2. The number of carbonyl (C=O) groups is 2. The molecule has 0 bridgehead atoms. The highest BCUT2D eigenvalue weighted by atomic mass is 16.2. The second-order valence-corrected chi connectivity index (χ2v) is 6.21. The van der Waals surface area contributed by atoms with Crippen molar-refractivity contribution in [3.8, 4) is 0 Å². The molecule has 1 N–H and O–H groups in total. The van der Waals surface area contributed by atoms with Gasteiger partial charge in [-0.3, -0.25) is 14.3 Å². The van der Waals surface area contributed by atoms with Gasteiger partial charge in [0.05, 0.1) is 6.54 Å². The van der Waals surface area contributed by atoms with Crippen molar-refractivity contribution in [1.82, 2.24) is 15.1 Å². The summed E-state index contributed by atoms with van der Waals surface area (Å²) in [6, 6.07) is 9.51. The van der Waals surface area contributed by atoms with Crippen LogP contribution in [0.1, 0.15) is 25.3 Å². The molecule has 6 nitrogen and oxygen atoms in total. The molecule has 0 unspecified atom stereocenters. The van der Waals surface area contributed by atoms with Gasteiger partial charge in [0.1, 0.15) is 0 Å². The van der Waals surface area contributed by atoms with E-state index in [2.05, 4.69) is 10.4 Å². The third-order valence-electron chi connectivity index (χ3n) is 4.11. The molecule has 25 heavy (non-hydrogen) atoms. The van der Waals surface area contributed by atoms with Gasteiger partial charge in [-0.1, -0.05) is 12.1 Å². The van der Waals surface area contributed by atoms with Crippen LogP contribution in [0, 0.1) is 0 Å². The lowest BCUT2D eigenvalue weighted by Gasteiger charge is -2.15. The Balaban J connectivity index is 1.52. The van der Waals surface area contributed by atoms with E-state index in [1.165, 1.54) is 6.08 Å². The number of carbonyl (C=O) groups excluding carboxylic acids is 2. The molecule has 1 saturated heterocycles. The molecule has 1 aliphatic rings. The summed E-state index contributed by atoms with van der Waals surface area (Å²) in [5.74, 6) is 0.0345. The van der Waals surface area contributed by atoms with E-state index in [0.29, 0.717) is 13.0 Å².